The van der Waals surface area contributed by atoms with Crippen molar-refractivity contribution in [1.29, 1.82) is 0 Å². The summed E-state index contributed by atoms with van der Waals surface area (Å²) in [5.74, 6) is 0.345. The van der Waals surface area contributed by atoms with Gasteiger partial charge in [-0.05, 0) is 107 Å². The maximum absolute atomic E-state index is 14.7. The number of allylic oxidation sites excluding steroid dienone is 4. The highest BCUT2D eigenvalue weighted by Gasteiger charge is 2.49. The smallest absolute Gasteiger partial charge is 0.237 e. The van der Waals surface area contributed by atoms with Gasteiger partial charge in [-0.3, -0.25) is 4.79 Å². The van der Waals surface area contributed by atoms with Gasteiger partial charge in [0, 0.05) is 23.5 Å². The van der Waals surface area contributed by atoms with E-state index < -0.39 is 11.2 Å². The number of hydrogen-bond acceptors (Lipinski definition) is 4. The van der Waals surface area contributed by atoms with Crippen LogP contribution in [0.4, 0.5) is 10.1 Å². The minimum atomic E-state index is -0.565. The molecule has 0 unspecified atom stereocenters. The van der Waals surface area contributed by atoms with Crippen LogP contribution in [-0.4, -0.2) is 33.2 Å². The van der Waals surface area contributed by atoms with E-state index in [0.717, 1.165) is 46.7 Å². The summed E-state index contributed by atoms with van der Waals surface area (Å²) in [5.41, 5.74) is 4.69. The summed E-state index contributed by atoms with van der Waals surface area (Å²) in [6.45, 7) is 21.8. The molecule has 0 radical (unpaired) electrons. The highest BCUT2D eigenvalue weighted by atomic mass is 19.1. The minimum absolute atomic E-state index is 0.0990. The standard InChI is InChI=1S/C36H47FN4O2/c1-10-12-26-17-28(18-26)41-33-19-27(13-14-29(33)36(8,9)35(41)43)24(6)16-32-34(40(21-38-32)22(3)4)25(7)39-31(30(37)11-2)15-23(5)20-42/h11,13-16,19,21-22,26,28,39,42H,2,6,10,12,17-18,20H2,1,3-5,7-9H3/b23-15+,31-30-,32-16+,34-25-. The molecule has 0 bridgehead atoms. The van der Waals surface area contributed by atoms with E-state index in [0.29, 0.717) is 22.5 Å². The number of nitrogens with zero attached hydrogens (tertiary/aromatic N) is 3. The van der Waals surface area contributed by atoms with E-state index in [9.17, 15) is 14.3 Å². The number of carbonyl (C=O) groups excluding carboxylic acids is 1. The molecule has 7 heteroatoms. The largest absolute Gasteiger partial charge is 0.392 e. The number of hydrogen-bond donors (Lipinski definition) is 2. The van der Waals surface area contributed by atoms with Gasteiger partial charge in [-0.15, -0.1) is 0 Å². The first kappa shape index (κ1) is 32.2. The molecule has 2 aromatic rings. The van der Waals surface area contributed by atoms with Crippen LogP contribution in [0.3, 0.4) is 0 Å². The summed E-state index contributed by atoms with van der Waals surface area (Å²) in [4.78, 5) is 20.4. The zero-order valence-electron chi connectivity index (χ0n) is 26.8. The fraction of sp³-hybridized carbons (Fsp3) is 0.444. The Kier molecular flexibility index (Phi) is 9.65. The van der Waals surface area contributed by atoms with Crippen LogP contribution in [0, 0.1) is 5.92 Å². The Morgan fingerprint density at radius 1 is 1.28 bits per heavy atom. The summed E-state index contributed by atoms with van der Waals surface area (Å²) in [5, 5.41) is 14.2. The van der Waals surface area contributed by atoms with Crippen molar-refractivity contribution in [2.24, 2.45) is 5.92 Å². The van der Waals surface area contributed by atoms with Gasteiger partial charge >= 0.3 is 0 Å². The maximum Gasteiger partial charge on any atom is 0.237 e. The molecule has 1 aliphatic heterocycles. The van der Waals surface area contributed by atoms with Crippen molar-refractivity contribution in [3.8, 4) is 0 Å². The van der Waals surface area contributed by atoms with E-state index >= 15 is 0 Å². The molecule has 2 aliphatic rings. The Morgan fingerprint density at radius 2 is 1.98 bits per heavy atom. The SMILES string of the molecule is C=C/C(F)=C(\C=C(/C)CO)N/C(C)=c1/c(=C\C(=C)c2ccc3c(c2)N(C2CC(CCC)C2)C(=O)C3(C)C)ncn1C(C)C. The van der Waals surface area contributed by atoms with Gasteiger partial charge in [0.1, 0.15) is 5.83 Å². The monoisotopic (exact) mass is 586 g/mol. The summed E-state index contributed by atoms with van der Waals surface area (Å²) < 4.78 is 16.8. The lowest BCUT2D eigenvalue weighted by atomic mass is 9.76. The summed E-state index contributed by atoms with van der Waals surface area (Å²) in [6, 6.07) is 6.55. The van der Waals surface area contributed by atoms with Crippen LogP contribution in [0.25, 0.3) is 17.3 Å². The molecule has 4 rings (SSSR count). The Morgan fingerprint density at radius 3 is 2.58 bits per heavy atom. The molecule has 1 aromatic carbocycles. The summed E-state index contributed by atoms with van der Waals surface area (Å²) >= 11 is 0. The topological polar surface area (TPSA) is 70.4 Å². The zero-order valence-corrected chi connectivity index (χ0v) is 26.8. The quantitative estimate of drug-likeness (QED) is 0.309. The molecule has 1 aromatic heterocycles. The molecule has 6 nitrogen and oxygen atoms in total. The number of nitrogens with one attached hydrogen (secondary N) is 1. The van der Waals surface area contributed by atoms with Crippen molar-refractivity contribution < 1.29 is 14.3 Å². The predicted octanol–water partition coefficient (Wildman–Crippen LogP) is 6.18. The Balaban J connectivity index is 1.77. The third-order valence-electron chi connectivity index (χ3n) is 8.77. The molecule has 1 amide bonds. The number of imidazole rings is 1. The van der Waals surface area contributed by atoms with E-state index in [-0.39, 0.29) is 30.3 Å². The van der Waals surface area contributed by atoms with Crippen molar-refractivity contribution >= 4 is 28.9 Å². The van der Waals surface area contributed by atoms with E-state index in [1.165, 1.54) is 12.8 Å². The van der Waals surface area contributed by atoms with E-state index in [1.807, 2.05) is 42.4 Å². The number of aliphatic hydroxyl groups is 1. The number of carbonyl (C=O) groups is 1. The molecule has 0 atom stereocenters. The fourth-order valence-corrected chi connectivity index (χ4v) is 6.24. The van der Waals surface area contributed by atoms with Gasteiger partial charge < -0.3 is 19.9 Å². The lowest BCUT2D eigenvalue weighted by Crippen LogP contribution is -2.49. The van der Waals surface area contributed by atoms with Crippen molar-refractivity contribution in [2.45, 2.75) is 91.6 Å². The number of aromatic nitrogens is 2. The van der Waals surface area contributed by atoms with Crippen LogP contribution >= 0.6 is 0 Å². The van der Waals surface area contributed by atoms with Crippen LogP contribution < -0.4 is 20.9 Å². The fourth-order valence-electron chi connectivity index (χ4n) is 6.24. The van der Waals surface area contributed by atoms with Crippen molar-refractivity contribution in [3.05, 3.63) is 88.8 Å². The van der Waals surface area contributed by atoms with Gasteiger partial charge in [-0.25, -0.2) is 9.37 Å². The summed E-state index contributed by atoms with van der Waals surface area (Å²) in [7, 11) is 0. The second-order valence-corrected chi connectivity index (χ2v) is 12.8. The van der Waals surface area contributed by atoms with Crippen molar-refractivity contribution in [3.63, 3.8) is 0 Å². The molecule has 230 valence electrons. The number of benzene rings is 1. The molecular formula is C36H47FN4O2. The lowest BCUT2D eigenvalue weighted by Gasteiger charge is -2.42. The van der Waals surface area contributed by atoms with Gasteiger partial charge in [0.25, 0.3) is 0 Å². The number of aliphatic hydroxyl groups excluding tert-OH is 1. The van der Waals surface area contributed by atoms with E-state index in [1.54, 1.807) is 19.3 Å². The molecule has 1 fully saturated rings. The van der Waals surface area contributed by atoms with Gasteiger partial charge in [-0.2, -0.15) is 0 Å². The van der Waals surface area contributed by atoms with Crippen LogP contribution in [0.2, 0.25) is 0 Å². The summed E-state index contributed by atoms with van der Waals surface area (Å²) in [6.07, 6.45) is 10.9. The average molecular weight is 587 g/mol. The van der Waals surface area contributed by atoms with Gasteiger partial charge in [0.05, 0.1) is 34.7 Å². The van der Waals surface area contributed by atoms with Crippen molar-refractivity contribution in [1.82, 2.24) is 14.9 Å². The van der Waals surface area contributed by atoms with Crippen LogP contribution in [0.1, 0.15) is 91.3 Å². The first-order valence-electron chi connectivity index (χ1n) is 15.3. The number of anilines is 1. The molecule has 1 aliphatic carbocycles. The Hall–Kier alpha value is -3.71. The Bertz CT molecular complexity index is 1600. The molecule has 43 heavy (non-hydrogen) atoms. The van der Waals surface area contributed by atoms with Gasteiger partial charge in [-0.1, -0.05) is 45.1 Å². The highest BCUT2D eigenvalue weighted by molar-refractivity contribution is 6.08. The average Bonchev–Trinajstić information content (AvgIpc) is 3.45. The second-order valence-electron chi connectivity index (χ2n) is 12.8. The molecule has 2 N–H and O–H groups in total. The number of fused-ring (bicyclic) bond motifs is 1. The van der Waals surface area contributed by atoms with E-state index in [2.05, 4.69) is 51.4 Å². The van der Waals surface area contributed by atoms with E-state index in [4.69, 9.17) is 4.98 Å². The molecule has 1 saturated carbocycles. The third kappa shape index (κ3) is 6.32. The molecule has 0 spiro atoms. The number of rotatable bonds is 11. The van der Waals surface area contributed by atoms with Gasteiger partial charge in [0.15, 0.2) is 0 Å². The van der Waals surface area contributed by atoms with Gasteiger partial charge in [0.2, 0.25) is 5.91 Å². The second kappa shape index (κ2) is 12.9. The normalized spacial score (nSPS) is 21.4. The van der Waals surface area contributed by atoms with Crippen LogP contribution in [0.5, 0.6) is 0 Å². The highest BCUT2D eigenvalue weighted by Crippen LogP contribution is 2.48. The molecular weight excluding hydrogens is 539 g/mol. The molecule has 0 saturated heterocycles. The lowest BCUT2D eigenvalue weighted by molar-refractivity contribution is -0.123. The zero-order chi connectivity index (χ0) is 31.6. The third-order valence-corrected chi connectivity index (χ3v) is 8.77. The van der Waals surface area contributed by atoms with Crippen LogP contribution in [0.15, 0.2) is 66.9 Å². The molecule has 2 heterocycles. The van der Waals surface area contributed by atoms with Crippen LogP contribution in [-0.2, 0) is 10.2 Å². The number of amides is 1. The Labute approximate surface area is 255 Å². The first-order chi connectivity index (χ1) is 20.3. The first-order valence-corrected chi connectivity index (χ1v) is 15.3. The minimum Gasteiger partial charge on any atom is -0.392 e. The predicted molar refractivity (Wildman–Crippen MR) is 175 cm³/mol. The van der Waals surface area contributed by atoms with Crippen molar-refractivity contribution in [2.75, 3.05) is 11.5 Å². The number of halogens is 1. The maximum atomic E-state index is 14.7.